The van der Waals surface area contributed by atoms with Gasteiger partial charge in [0.2, 0.25) is 5.91 Å². The zero-order chi connectivity index (χ0) is 20.1. The number of thioether (sulfide) groups is 1. The number of carbonyl (C=O) groups is 1. The largest absolute Gasteiger partial charge is 0.383 e. The van der Waals surface area contributed by atoms with Gasteiger partial charge in [0, 0.05) is 44.1 Å². The van der Waals surface area contributed by atoms with Gasteiger partial charge >= 0.3 is 0 Å². The van der Waals surface area contributed by atoms with Crippen molar-refractivity contribution >= 4 is 51.7 Å². The lowest BCUT2D eigenvalue weighted by atomic mass is 10.2. The molecule has 0 aliphatic carbocycles. The summed E-state index contributed by atoms with van der Waals surface area (Å²) in [6.45, 7) is 1.22. The lowest BCUT2D eigenvalue weighted by Gasteiger charge is -2.13. The predicted octanol–water partition coefficient (Wildman–Crippen LogP) is 4.13. The van der Waals surface area contributed by atoms with Gasteiger partial charge in [-0.3, -0.25) is 4.79 Å². The van der Waals surface area contributed by atoms with Crippen LogP contribution >= 0.6 is 23.4 Å². The first kappa shape index (κ1) is 20.5. The summed E-state index contributed by atoms with van der Waals surface area (Å²) in [6, 6.07) is 13.3. The number of nitrogens with zero attached hydrogens (tertiary/aromatic N) is 3. The van der Waals surface area contributed by atoms with Crippen LogP contribution in [0.2, 0.25) is 5.02 Å². The van der Waals surface area contributed by atoms with Gasteiger partial charge in [-0.2, -0.15) is 0 Å². The zero-order valence-corrected chi connectivity index (χ0v) is 17.7. The van der Waals surface area contributed by atoms with Gasteiger partial charge in [0.25, 0.3) is 0 Å². The Kier molecular flexibility index (Phi) is 6.83. The number of nitrogens with one attached hydrogen (secondary N) is 1. The van der Waals surface area contributed by atoms with Gasteiger partial charge in [-0.25, -0.2) is 4.98 Å². The summed E-state index contributed by atoms with van der Waals surface area (Å²) in [7, 11) is 5.62. The van der Waals surface area contributed by atoms with E-state index < -0.39 is 0 Å². The van der Waals surface area contributed by atoms with Gasteiger partial charge in [-0.1, -0.05) is 23.4 Å². The third-order valence-corrected chi connectivity index (χ3v) is 5.41. The predicted molar refractivity (Wildman–Crippen MR) is 117 cm³/mol. The third-order valence-electron chi connectivity index (χ3n) is 4.19. The number of fused-ring (bicyclic) bond motifs is 1. The van der Waals surface area contributed by atoms with Crippen LogP contribution in [0.5, 0.6) is 0 Å². The summed E-state index contributed by atoms with van der Waals surface area (Å²) < 4.78 is 7.26. The van der Waals surface area contributed by atoms with Crippen LogP contribution in [0.15, 0.2) is 47.6 Å². The van der Waals surface area contributed by atoms with Crippen LogP contribution in [0.3, 0.4) is 0 Å². The highest BCUT2D eigenvalue weighted by Crippen LogP contribution is 2.26. The molecule has 3 rings (SSSR count). The molecule has 0 aliphatic heterocycles. The molecule has 2 aromatic carbocycles. The second-order valence-electron chi connectivity index (χ2n) is 6.45. The molecule has 1 amide bonds. The summed E-state index contributed by atoms with van der Waals surface area (Å²) in [6.07, 6.45) is 0. The summed E-state index contributed by atoms with van der Waals surface area (Å²) in [4.78, 5) is 19.0. The Hall–Kier alpha value is -2.22. The van der Waals surface area contributed by atoms with E-state index in [9.17, 15) is 4.79 Å². The first-order chi connectivity index (χ1) is 13.5. The number of hydrogen-bond donors (Lipinski definition) is 1. The first-order valence-electron chi connectivity index (χ1n) is 8.82. The molecule has 3 aromatic rings. The number of carbonyl (C=O) groups excluding carboxylic acids is 1. The second kappa shape index (κ2) is 9.32. The average Bonchev–Trinajstić information content (AvgIpc) is 3.01. The zero-order valence-electron chi connectivity index (χ0n) is 16.1. The number of imidazole rings is 1. The Labute approximate surface area is 173 Å². The lowest BCUT2D eigenvalue weighted by molar-refractivity contribution is -0.113. The molecule has 0 fully saturated rings. The van der Waals surface area contributed by atoms with Crippen molar-refractivity contribution < 1.29 is 9.53 Å². The Morgan fingerprint density at radius 2 is 2.00 bits per heavy atom. The quantitative estimate of drug-likeness (QED) is 0.557. The van der Waals surface area contributed by atoms with Crippen LogP contribution in [0.25, 0.3) is 11.0 Å². The highest BCUT2D eigenvalue weighted by molar-refractivity contribution is 7.99. The highest BCUT2D eigenvalue weighted by Gasteiger charge is 2.13. The van der Waals surface area contributed by atoms with E-state index in [2.05, 4.69) is 14.9 Å². The number of anilines is 2. The molecule has 8 heteroatoms. The molecule has 28 heavy (non-hydrogen) atoms. The van der Waals surface area contributed by atoms with Gasteiger partial charge in [0.15, 0.2) is 5.16 Å². The number of rotatable bonds is 8. The fourth-order valence-corrected chi connectivity index (χ4v) is 3.77. The molecule has 0 saturated carbocycles. The molecule has 0 radical (unpaired) electrons. The van der Waals surface area contributed by atoms with E-state index in [1.54, 1.807) is 7.11 Å². The fourth-order valence-electron chi connectivity index (χ4n) is 2.76. The van der Waals surface area contributed by atoms with Crippen molar-refractivity contribution in [2.45, 2.75) is 11.7 Å². The molecule has 0 saturated heterocycles. The first-order valence-corrected chi connectivity index (χ1v) is 10.2. The normalized spacial score (nSPS) is 11.0. The molecule has 1 N–H and O–H groups in total. The minimum atomic E-state index is -0.0778. The number of hydrogen-bond acceptors (Lipinski definition) is 5. The standard InChI is InChI=1S/C20H23ClN4O2S/c1-24(2)16-7-5-15(6-8-16)22-19(26)13-28-20-23-17-12-14(21)4-9-18(17)25(20)10-11-27-3/h4-9,12H,10-11,13H2,1-3H3,(H,22,26). The van der Waals surface area contributed by atoms with Crippen molar-refractivity contribution in [2.24, 2.45) is 0 Å². The van der Waals surface area contributed by atoms with E-state index in [4.69, 9.17) is 16.3 Å². The average molecular weight is 419 g/mol. The van der Waals surface area contributed by atoms with Crippen LogP contribution in [0.1, 0.15) is 0 Å². The van der Waals surface area contributed by atoms with Crippen molar-refractivity contribution in [3.05, 3.63) is 47.5 Å². The van der Waals surface area contributed by atoms with Gasteiger partial charge < -0.3 is 19.5 Å². The van der Waals surface area contributed by atoms with Crippen LogP contribution in [0, 0.1) is 0 Å². The molecule has 0 spiro atoms. The Balaban J connectivity index is 1.69. The van der Waals surface area contributed by atoms with Gasteiger partial charge in [0.05, 0.1) is 23.4 Å². The molecule has 148 valence electrons. The summed E-state index contributed by atoms with van der Waals surface area (Å²) >= 11 is 7.48. The number of ether oxygens (including phenoxy) is 1. The Morgan fingerprint density at radius 1 is 1.25 bits per heavy atom. The maximum Gasteiger partial charge on any atom is 0.234 e. The maximum absolute atomic E-state index is 12.4. The van der Waals surface area contributed by atoms with Crippen LogP contribution in [-0.4, -0.2) is 49.0 Å². The number of amides is 1. The highest BCUT2D eigenvalue weighted by atomic mass is 35.5. The molecular formula is C20H23ClN4O2S. The molecule has 1 aromatic heterocycles. The van der Waals surface area contributed by atoms with Crippen molar-refractivity contribution in [1.29, 1.82) is 0 Å². The minimum Gasteiger partial charge on any atom is -0.383 e. The topological polar surface area (TPSA) is 59.4 Å². The SMILES string of the molecule is COCCn1c(SCC(=O)Nc2ccc(N(C)C)cc2)nc2cc(Cl)ccc21. The van der Waals surface area contributed by atoms with E-state index in [-0.39, 0.29) is 11.7 Å². The van der Waals surface area contributed by atoms with E-state index in [1.807, 2.05) is 61.5 Å². The number of aromatic nitrogens is 2. The van der Waals surface area contributed by atoms with Crippen molar-refractivity contribution in [1.82, 2.24) is 9.55 Å². The lowest BCUT2D eigenvalue weighted by Crippen LogP contribution is -2.15. The van der Waals surface area contributed by atoms with Gasteiger partial charge in [0.1, 0.15) is 0 Å². The molecule has 0 bridgehead atoms. The summed E-state index contributed by atoms with van der Waals surface area (Å²) in [5, 5.41) is 4.33. The maximum atomic E-state index is 12.4. The van der Waals surface area contributed by atoms with Gasteiger partial charge in [-0.15, -0.1) is 0 Å². The minimum absolute atomic E-state index is 0.0778. The summed E-state index contributed by atoms with van der Waals surface area (Å²) in [5.74, 6) is 0.186. The Bertz CT molecular complexity index is 957. The second-order valence-corrected chi connectivity index (χ2v) is 7.83. The van der Waals surface area contributed by atoms with Gasteiger partial charge in [-0.05, 0) is 42.5 Å². The van der Waals surface area contributed by atoms with Crippen LogP contribution in [-0.2, 0) is 16.1 Å². The van der Waals surface area contributed by atoms with E-state index in [0.29, 0.717) is 18.2 Å². The molecule has 0 aliphatic rings. The monoisotopic (exact) mass is 418 g/mol. The van der Waals surface area contributed by atoms with E-state index in [0.717, 1.165) is 27.6 Å². The molecule has 6 nitrogen and oxygen atoms in total. The molecular weight excluding hydrogens is 396 g/mol. The molecule has 1 heterocycles. The molecule has 0 unspecified atom stereocenters. The van der Waals surface area contributed by atoms with E-state index in [1.165, 1.54) is 11.8 Å². The van der Waals surface area contributed by atoms with E-state index >= 15 is 0 Å². The molecule has 0 atom stereocenters. The van der Waals surface area contributed by atoms with Crippen molar-refractivity contribution in [3.63, 3.8) is 0 Å². The van der Waals surface area contributed by atoms with Crippen molar-refractivity contribution in [3.8, 4) is 0 Å². The van der Waals surface area contributed by atoms with Crippen LogP contribution in [0.4, 0.5) is 11.4 Å². The van der Waals surface area contributed by atoms with Crippen LogP contribution < -0.4 is 10.2 Å². The third kappa shape index (κ3) is 4.98. The number of benzene rings is 2. The smallest absolute Gasteiger partial charge is 0.234 e. The number of methoxy groups -OCH3 is 1. The van der Waals surface area contributed by atoms with Crippen molar-refractivity contribution in [2.75, 3.05) is 43.8 Å². The Morgan fingerprint density at radius 3 is 2.68 bits per heavy atom. The number of halogens is 1. The fraction of sp³-hybridized carbons (Fsp3) is 0.300. The summed E-state index contributed by atoms with van der Waals surface area (Å²) in [5.41, 5.74) is 3.64.